The number of hydrogen-bond donors (Lipinski definition) is 2. The minimum atomic E-state index is -3.47. The van der Waals surface area contributed by atoms with Gasteiger partial charge < -0.3 is 10.1 Å². The van der Waals surface area contributed by atoms with Gasteiger partial charge in [0, 0.05) is 38.3 Å². The third-order valence-corrected chi connectivity index (χ3v) is 5.82. The zero-order valence-electron chi connectivity index (χ0n) is 16.6. The van der Waals surface area contributed by atoms with E-state index in [0.717, 1.165) is 45.1 Å². The van der Waals surface area contributed by atoms with Gasteiger partial charge in [-0.1, -0.05) is 31.9 Å². The van der Waals surface area contributed by atoms with Gasteiger partial charge in [0.05, 0.1) is 4.90 Å². The molecule has 0 bridgehead atoms. The molecule has 1 amide bonds. The Bertz CT molecular complexity index is 762. The third kappa shape index (κ3) is 7.24. The van der Waals surface area contributed by atoms with Crippen LogP contribution in [-0.4, -0.2) is 46.5 Å². The van der Waals surface area contributed by atoms with Gasteiger partial charge in [-0.25, -0.2) is 8.42 Å². The van der Waals surface area contributed by atoms with Crippen LogP contribution in [0.4, 0.5) is 0 Å². The lowest BCUT2D eigenvalue weighted by Gasteiger charge is -2.06. The molecule has 0 aliphatic carbocycles. The summed E-state index contributed by atoms with van der Waals surface area (Å²) in [6.07, 6.45) is 6.03. The van der Waals surface area contributed by atoms with Crippen LogP contribution >= 0.6 is 0 Å². The molecule has 1 aliphatic heterocycles. The van der Waals surface area contributed by atoms with E-state index in [1.165, 1.54) is 0 Å². The van der Waals surface area contributed by atoms with Gasteiger partial charge in [0.15, 0.2) is 0 Å². The van der Waals surface area contributed by atoms with E-state index in [2.05, 4.69) is 22.0 Å². The SMILES string of the molecule is CCCCOCCCNC(=O)CCCCCN=C1NS(=O)(=O)c2ccccc21. The molecule has 1 aromatic rings. The Morgan fingerprint density at radius 3 is 2.71 bits per heavy atom. The van der Waals surface area contributed by atoms with Gasteiger partial charge in [0.1, 0.15) is 5.84 Å². The van der Waals surface area contributed by atoms with Crippen molar-refractivity contribution in [1.29, 1.82) is 0 Å². The van der Waals surface area contributed by atoms with Crippen LogP contribution in [0.15, 0.2) is 34.2 Å². The van der Waals surface area contributed by atoms with Crippen LogP contribution < -0.4 is 10.0 Å². The second-order valence-corrected chi connectivity index (χ2v) is 8.46. The lowest BCUT2D eigenvalue weighted by atomic mass is 10.2. The summed E-state index contributed by atoms with van der Waals surface area (Å²) in [6, 6.07) is 6.83. The molecule has 28 heavy (non-hydrogen) atoms. The molecule has 7 nitrogen and oxygen atoms in total. The summed E-state index contributed by atoms with van der Waals surface area (Å²) >= 11 is 0. The number of aliphatic imine (C=N–C) groups is 1. The van der Waals surface area contributed by atoms with Crippen LogP contribution in [0.5, 0.6) is 0 Å². The normalized spacial score (nSPS) is 16.0. The number of nitrogens with one attached hydrogen (secondary N) is 2. The van der Waals surface area contributed by atoms with Crippen LogP contribution in [0.2, 0.25) is 0 Å². The molecule has 1 aromatic carbocycles. The van der Waals surface area contributed by atoms with E-state index in [1.807, 2.05) is 0 Å². The van der Waals surface area contributed by atoms with Crippen molar-refractivity contribution < 1.29 is 17.9 Å². The first-order chi connectivity index (χ1) is 13.5. The number of hydrogen-bond acceptors (Lipinski definition) is 5. The van der Waals surface area contributed by atoms with Gasteiger partial charge in [-0.3, -0.25) is 14.5 Å². The highest BCUT2D eigenvalue weighted by Gasteiger charge is 2.29. The van der Waals surface area contributed by atoms with Crippen LogP contribution in [0.25, 0.3) is 0 Å². The number of carbonyl (C=O) groups is 1. The van der Waals surface area contributed by atoms with E-state index in [1.54, 1.807) is 24.3 Å². The quantitative estimate of drug-likeness (QED) is 0.490. The summed E-state index contributed by atoms with van der Waals surface area (Å²) in [6.45, 7) is 4.79. The average molecular weight is 410 g/mol. The summed E-state index contributed by atoms with van der Waals surface area (Å²) in [5, 5.41) is 2.91. The third-order valence-electron chi connectivity index (χ3n) is 4.42. The Balaban J connectivity index is 1.55. The number of carbonyl (C=O) groups excluding carboxylic acids is 1. The molecule has 0 aromatic heterocycles. The molecule has 0 unspecified atom stereocenters. The van der Waals surface area contributed by atoms with Crippen molar-refractivity contribution in [3.8, 4) is 0 Å². The first-order valence-corrected chi connectivity index (χ1v) is 11.5. The van der Waals surface area contributed by atoms with Crippen molar-refractivity contribution in [3.05, 3.63) is 29.8 Å². The fourth-order valence-electron chi connectivity index (χ4n) is 2.86. The van der Waals surface area contributed by atoms with E-state index in [-0.39, 0.29) is 10.8 Å². The summed E-state index contributed by atoms with van der Waals surface area (Å²) in [5.41, 5.74) is 0.626. The molecule has 8 heteroatoms. The van der Waals surface area contributed by atoms with Crippen molar-refractivity contribution in [2.24, 2.45) is 4.99 Å². The minimum absolute atomic E-state index is 0.0670. The van der Waals surface area contributed by atoms with Gasteiger partial charge in [0.2, 0.25) is 5.91 Å². The summed E-state index contributed by atoms with van der Waals surface area (Å²) in [5.74, 6) is 0.479. The molecule has 0 spiro atoms. The van der Waals surface area contributed by atoms with Gasteiger partial charge in [0.25, 0.3) is 10.0 Å². The van der Waals surface area contributed by atoms with Crippen molar-refractivity contribution in [2.75, 3.05) is 26.3 Å². The first kappa shape index (κ1) is 22.4. The molecular weight excluding hydrogens is 378 g/mol. The monoisotopic (exact) mass is 409 g/mol. The average Bonchev–Trinajstić information content (AvgIpc) is 2.94. The maximum atomic E-state index is 12.0. The maximum absolute atomic E-state index is 12.0. The van der Waals surface area contributed by atoms with E-state index in [4.69, 9.17) is 4.74 Å². The smallest absolute Gasteiger partial charge is 0.263 e. The lowest BCUT2D eigenvalue weighted by molar-refractivity contribution is -0.121. The molecule has 2 N–H and O–H groups in total. The van der Waals surface area contributed by atoms with E-state index >= 15 is 0 Å². The number of unbranched alkanes of at least 4 members (excludes halogenated alkanes) is 3. The number of benzene rings is 1. The van der Waals surface area contributed by atoms with Gasteiger partial charge >= 0.3 is 0 Å². The zero-order valence-corrected chi connectivity index (χ0v) is 17.4. The summed E-state index contributed by atoms with van der Waals surface area (Å²) in [7, 11) is -3.47. The predicted molar refractivity (Wildman–Crippen MR) is 110 cm³/mol. The standard InChI is InChI=1S/C20H31N3O4S/c1-2-3-15-27-16-9-14-21-19(24)12-5-4-8-13-22-20-17-10-6-7-11-18(17)28(25,26)23-20/h6-7,10-11H,2-5,8-9,12-16H2,1H3,(H,21,24)(H,22,23). The number of nitrogens with zero attached hydrogens (tertiary/aromatic N) is 1. The molecule has 0 radical (unpaired) electrons. The number of fused-ring (bicyclic) bond motifs is 1. The highest BCUT2D eigenvalue weighted by Crippen LogP contribution is 2.22. The maximum Gasteiger partial charge on any atom is 0.263 e. The molecule has 0 saturated carbocycles. The van der Waals surface area contributed by atoms with E-state index < -0.39 is 10.0 Å². The van der Waals surface area contributed by atoms with E-state index in [0.29, 0.717) is 37.5 Å². The topological polar surface area (TPSA) is 96.9 Å². The Kier molecular flexibility index (Phi) is 9.43. The second-order valence-electron chi connectivity index (χ2n) is 6.81. The van der Waals surface area contributed by atoms with Gasteiger partial charge in [-0.05, 0) is 37.8 Å². The highest BCUT2D eigenvalue weighted by molar-refractivity contribution is 7.90. The molecule has 0 fully saturated rings. The predicted octanol–water partition coefficient (Wildman–Crippen LogP) is 2.61. The molecule has 2 rings (SSSR count). The Labute approximate surface area is 168 Å². The van der Waals surface area contributed by atoms with Crippen molar-refractivity contribution >= 4 is 21.8 Å². The van der Waals surface area contributed by atoms with Crippen molar-refractivity contribution in [2.45, 2.75) is 56.8 Å². The molecule has 1 heterocycles. The number of ether oxygens (including phenoxy) is 1. The number of rotatable bonds is 13. The van der Waals surface area contributed by atoms with Crippen molar-refractivity contribution in [1.82, 2.24) is 10.0 Å². The molecule has 0 saturated heterocycles. The lowest BCUT2D eigenvalue weighted by Crippen LogP contribution is -2.25. The summed E-state index contributed by atoms with van der Waals surface area (Å²) in [4.78, 5) is 16.4. The molecule has 156 valence electrons. The minimum Gasteiger partial charge on any atom is -0.381 e. The fraction of sp³-hybridized carbons (Fsp3) is 0.600. The highest BCUT2D eigenvalue weighted by atomic mass is 32.2. The van der Waals surface area contributed by atoms with Crippen LogP contribution in [0.1, 0.15) is 57.4 Å². The number of amides is 1. The molecular formula is C20H31N3O4S. The number of sulfonamides is 1. The zero-order chi connectivity index (χ0) is 20.2. The van der Waals surface area contributed by atoms with Gasteiger partial charge in [-0.15, -0.1) is 0 Å². The second kappa shape index (κ2) is 11.8. The Hall–Kier alpha value is -1.93. The molecule has 0 atom stereocenters. The largest absolute Gasteiger partial charge is 0.381 e. The summed E-state index contributed by atoms with van der Waals surface area (Å²) < 4.78 is 32.0. The van der Waals surface area contributed by atoms with E-state index in [9.17, 15) is 13.2 Å². The Morgan fingerprint density at radius 2 is 1.89 bits per heavy atom. The fourth-order valence-corrected chi connectivity index (χ4v) is 4.11. The Morgan fingerprint density at radius 1 is 1.11 bits per heavy atom. The van der Waals surface area contributed by atoms with Crippen LogP contribution in [0.3, 0.4) is 0 Å². The first-order valence-electron chi connectivity index (χ1n) is 10.1. The van der Waals surface area contributed by atoms with Crippen LogP contribution in [-0.2, 0) is 19.6 Å². The number of amidine groups is 1. The van der Waals surface area contributed by atoms with Gasteiger partial charge in [-0.2, -0.15) is 0 Å². The van der Waals surface area contributed by atoms with Crippen LogP contribution in [0, 0.1) is 0 Å². The van der Waals surface area contributed by atoms with Crippen molar-refractivity contribution in [3.63, 3.8) is 0 Å². The molecule has 1 aliphatic rings.